The van der Waals surface area contributed by atoms with Gasteiger partial charge in [0.05, 0.1) is 0 Å². The molecule has 0 atom stereocenters. The van der Waals surface area contributed by atoms with Gasteiger partial charge in [0.2, 0.25) is 0 Å². The first-order valence-corrected chi connectivity index (χ1v) is 3.11. The van der Waals surface area contributed by atoms with Crippen LogP contribution in [0.4, 0.5) is 0 Å². The molecule has 0 rings (SSSR count). The fourth-order valence-electron chi connectivity index (χ4n) is 0. The molecule has 6 heteroatoms. The van der Waals surface area contributed by atoms with Crippen molar-refractivity contribution in [1.29, 1.82) is 0 Å². The molecule has 34 valence electrons. The van der Waals surface area contributed by atoms with Crippen molar-refractivity contribution in [2.75, 3.05) is 0 Å². The Kier molecular flexibility index (Phi) is 25.4. The monoisotopic (exact) mass is 216 g/mol. The van der Waals surface area contributed by atoms with Crippen LogP contribution in [0.2, 0.25) is 0 Å². The van der Waals surface area contributed by atoms with E-state index in [-0.39, 0.29) is 35.0 Å². The number of rotatable bonds is 0. The molecule has 0 heterocycles. The van der Waals surface area contributed by atoms with Gasteiger partial charge in [0, 0.05) is 0 Å². The van der Waals surface area contributed by atoms with Crippen molar-refractivity contribution in [3.05, 3.63) is 0 Å². The maximum Gasteiger partial charge on any atom is 1.00 e. The average molecular weight is 216 g/mol. The third kappa shape index (κ3) is 47.2. The van der Waals surface area contributed by atoms with Gasteiger partial charge < -0.3 is 15.8 Å². The van der Waals surface area contributed by atoms with Crippen molar-refractivity contribution in [3.63, 3.8) is 0 Å². The van der Waals surface area contributed by atoms with E-state index in [4.69, 9.17) is 10.3 Å². The Morgan fingerprint density at radius 2 is 1.00 bits per heavy atom. The third-order valence-corrected chi connectivity index (χ3v) is 0. The molecule has 0 bridgehead atoms. The van der Waals surface area contributed by atoms with E-state index in [2.05, 4.69) is 0 Å². The second kappa shape index (κ2) is 9.76. The van der Waals surface area contributed by atoms with E-state index in [1.165, 1.54) is 0 Å². The Hall–Kier alpha value is 1.57. The zero-order valence-corrected chi connectivity index (χ0v) is 7.26. The average Bonchev–Trinajstić information content (AvgIpc) is 0.811. The van der Waals surface area contributed by atoms with E-state index in [9.17, 15) is 0 Å². The van der Waals surface area contributed by atoms with Crippen molar-refractivity contribution in [3.8, 4) is 0 Å². The second-order valence-electron chi connectivity index (χ2n) is 0.189. The summed E-state index contributed by atoms with van der Waals surface area (Å²) in [5, 5.41) is 0. The summed E-state index contributed by atoms with van der Waals surface area (Å²) in [4.78, 5) is 0. The van der Waals surface area contributed by atoms with Gasteiger partial charge in [-0.25, -0.2) is 0 Å². The predicted molar refractivity (Wildman–Crippen MR) is 3.61 cm³/mol. The normalized spacial score (nSPS) is 6.00. The van der Waals surface area contributed by atoms with Gasteiger partial charge in [-0.2, -0.15) is 0 Å². The predicted octanol–water partition coefficient (Wildman–Crippen LogP) is -10.4. The third-order valence-electron chi connectivity index (χ3n) is 0. The van der Waals surface area contributed by atoms with Gasteiger partial charge >= 0.3 is 29.6 Å². The van der Waals surface area contributed by atoms with Crippen LogP contribution in [0.15, 0.2) is 0 Å². The van der Waals surface area contributed by atoms with Gasteiger partial charge in [-0.1, -0.05) is 0 Å². The number of hydrogen-bond acceptors (Lipinski definition) is 3. The van der Waals surface area contributed by atoms with Crippen molar-refractivity contribution < 1.29 is 66.4 Å². The molecule has 6 heavy (non-hydrogen) atoms. The molecular formula is H2INaO4. The van der Waals surface area contributed by atoms with Gasteiger partial charge in [0.1, 0.15) is 0 Å². The van der Waals surface area contributed by atoms with Crippen LogP contribution in [-0.2, 0) is 0 Å². The minimum atomic E-state index is -4.01. The summed E-state index contributed by atoms with van der Waals surface area (Å²) < 4.78 is 25.7. The van der Waals surface area contributed by atoms with Crippen LogP contribution < -0.4 is 60.9 Å². The first-order chi connectivity index (χ1) is 1.73. The Labute approximate surface area is 65.8 Å². The SMILES string of the molecule is O.[Na+].[O-][I+2]([O-])[O-]. The summed E-state index contributed by atoms with van der Waals surface area (Å²) in [5.41, 5.74) is 0. The first kappa shape index (κ1) is 15.6. The summed E-state index contributed by atoms with van der Waals surface area (Å²) in [5.74, 6) is 0. The summed E-state index contributed by atoms with van der Waals surface area (Å²) in [6.07, 6.45) is 0. The molecule has 0 aliphatic rings. The van der Waals surface area contributed by atoms with Crippen LogP contribution in [0.25, 0.3) is 0 Å². The fourth-order valence-corrected chi connectivity index (χ4v) is 0. The molecule has 0 spiro atoms. The Morgan fingerprint density at radius 3 is 1.00 bits per heavy atom. The van der Waals surface area contributed by atoms with Gasteiger partial charge in [-0.3, -0.25) is 0 Å². The summed E-state index contributed by atoms with van der Waals surface area (Å²) >= 11 is -4.01. The molecule has 0 aromatic rings. The van der Waals surface area contributed by atoms with E-state index < -0.39 is 21.1 Å². The van der Waals surface area contributed by atoms with E-state index >= 15 is 0 Å². The molecule has 0 saturated carbocycles. The summed E-state index contributed by atoms with van der Waals surface area (Å²) in [6, 6.07) is 0. The Bertz CT molecular complexity index is 12.3. The zero-order chi connectivity index (χ0) is 3.58. The molecule has 2 N–H and O–H groups in total. The Balaban J connectivity index is -0.0000000450. The molecular weight excluding hydrogens is 214 g/mol. The molecule has 0 aliphatic heterocycles. The van der Waals surface area contributed by atoms with E-state index in [0.717, 1.165) is 0 Å². The molecule has 0 unspecified atom stereocenters. The number of hydrogen-bond donors (Lipinski definition) is 0. The molecule has 0 aromatic carbocycles. The maximum atomic E-state index is 8.57. The fraction of sp³-hybridized carbons (Fsp3) is 0. The smallest absolute Gasteiger partial charge is 0.427 e. The van der Waals surface area contributed by atoms with Crippen molar-refractivity contribution >= 4 is 0 Å². The summed E-state index contributed by atoms with van der Waals surface area (Å²) in [7, 11) is 0. The van der Waals surface area contributed by atoms with E-state index in [1.54, 1.807) is 0 Å². The molecule has 0 fully saturated rings. The topological polar surface area (TPSA) is 101 Å². The quantitative estimate of drug-likeness (QED) is 0.296. The van der Waals surface area contributed by atoms with E-state index in [1.807, 2.05) is 0 Å². The minimum Gasteiger partial charge on any atom is -0.427 e. The van der Waals surface area contributed by atoms with Crippen molar-refractivity contribution in [2.45, 2.75) is 0 Å². The van der Waals surface area contributed by atoms with Crippen LogP contribution in [-0.4, -0.2) is 5.48 Å². The molecule has 4 nitrogen and oxygen atoms in total. The van der Waals surface area contributed by atoms with Gasteiger partial charge in [0.15, 0.2) is 0 Å². The minimum absolute atomic E-state index is 0. The molecule has 0 amide bonds. The van der Waals surface area contributed by atoms with Crippen LogP contribution in [0.1, 0.15) is 0 Å². The summed E-state index contributed by atoms with van der Waals surface area (Å²) in [6.45, 7) is 0. The van der Waals surface area contributed by atoms with E-state index in [0.29, 0.717) is 0 Å². The Morgan fingerprint density at radius 1 is 1.00 bits per heavy atom. The van der Waals surface area contributed by atoms with Crippen LogP contribution in [0, 0.1) is 0 Å². The van der Waals surface area contributed by atoms with Crippen LogP contribution >= 0.6 is 0 Å². The second-order valence-corrected chi connectivity index (χ2v) is 1.27. The molecule has 0 aliphatic carbocycles. The first-order valence-electron chi connectivity index (χ1n) is 0.463. The zero-order valence-electron chi connectivity index (χ0n) is 3.10. The molecule has 0 radical (unpaired) electrons. The standard InChI is InChI=1S/IO3.Na.H2O/c2-1(3)4;;/h;;1H2/q-1;+1;. The largest absolute Gasteiger partial charge is 1.00 e. The van der Waals surface area contributed by atoms with Gasteiger partial charge in [-0.15, -0.1) is 0 Å². The number of halogens is 1. The van der Waals surface area contributed by atoms with Gasteiger partial charge in [0.25, 0.3) is 21.1 Å². The van der Waals surface area contributed by atoms with Crippen molar-refractivity contribution in [1.82, 2.24) is 0 Å². The maximum absolute atomic E-state index is 8.57. The van der Waals surface area contributed by atoms with Crippen LogP contribution in [0.3, 0.4) is 0 Å². The van der Waals surface area contributed by atoms with Gasteiger partial charge in [-0.05, 0) is 0 Å². The molecule has 0 aromatic heterocycles. The van der Waals surface area contributed by atoms with Crippen LogP contribution in [0.5, 0.6) is 0 Å². The van der Waals surface area contributed by atoms with Crippen molar-refractivity contribution in [2.24, 2.45) is 0 Å². The molecule has 0 saturated heterocycles.